The Bertz CT molecular complexity index is 645. The number of benzene rings is 1. The van der Waals surface area contributed by atoms with Crippen LogP contribution >= 0.6 is 38.5 Å². The van der Waals surface area contributed by atoms with Crippen LogP contribution in [0.4, 0.5) is 8.78 Å². The van der Waals surface area contributed by atoms with Crippen LogP contribution in [0, 0.1) is 3.57 Å². The van der Waals surface area contributed by atoms with Gasteiger partial charge in [-0.2, -0.15) is 0 Å². The number of halogens is 4. The second-order valence-corrected chi connectivity index (χ2v) is 5.54. The van der Waals surface area contributed by atoms with Crippen molar-refractivity contribution in [2.75, 3.05) is 0 Å². The Balaban J connectivity index is 2.60. The molecule has 100 valence electrons. The molecule has 0 atom stereocenters. The molecule has 2 rings (SSSR count). The topological polar surface area (TPSA) is 63.3 Å². The summed E-state index contributed by atoms with van der Waals surface area (Å²) in [6, 6.07) is 5.11. The van der Waals surface area contributed by atoms with Gasteiger partial charge in [0.25, 0.3) is 6.43 Å². The summed E-state index contributed by atoms with van der Waals surface area (Å²) in [5.41, 5.74) is -0.414. The second kappa shape index (κ2) is 5.53. The molecule has 0 saturated carbocycles. The largest absolute Gasteiger partial charge is 0.475 e. The fourth-order valence-corrected chi connectivity index (χ4v) is 2.34. The van der Waals surface area contributed by atoms with Gasteiger partial charge in [-0.15, -0.1) is 0 Å². The molecule has 0 aliphatic carbocycles. The third-order valence-electron chi connectivity index (χ3n) is 2.21. The molecule has 0 aliphatic heterocycles. The van der Waals surface area contributed by atoms with Crippen LogP contribution in [0.25, 0.3) is 11.5 Å². The summed E-state index contributed by atoms with van der Waals surface area (Å²) in [5, 5.41) is 8.82. The Kier molecular flexibility index (Phi) is 4.19. The van der Waals surface area contributed by atoms with E-state index >= 15 is 0 Å². The number of alkyl halides is 2. The first-order valence-electron chi connectivity index (χ1n) is 4.87. The highest BCUT2D eigenvalue weighted by molar-refractivity contribution is 14.1. The predicted molar refractivity (Wildman–Crippen MR) is 74.3 cm³/mol. The van der Waals surface area contributed by atoms with Crippen molar-refractivity contribution in [3.05, 3.63) is 37.7 Å². The van der Waals surface area contributed by atoms with Crippen molar-refractivity contribution in [2.45, 2.75) is 6.43 Å². The highest BCUT2D eigenvalue weighted by Gasteiger charge is 2.27. The smallest absolute Gasteiger partial charge is 0.374 e. The van der Waals surface area contributed by atoms with E-state index < -0.39 is 23.8 Å². The fraction of sp³-hybridized carbons (Fsp3) is 0.0909. The molecule has 8 heteroatoms. The van der Waals surface area contributed by atoms with Crippen molar-refractivity contribution in [3.8, 4) is 11.5 Å². The number of hydrogen-bond acceptors (Lipinski definition) is 3. The van der Waals surface area contributed by atoms with Crippen LogP contribution in [0.2, 0.25) is 0 Å². The van der Waals surface area contributed by atoms with Gasteiger partial charge in [-0.1, -0.05) is 15.9 Å². The molecule has 0 unspecified atom stereocenters. The van der Waals surface area contributed by atoms with Gasteiger partial charge in [0, 0.05) is 8.04 Å². The molecular formula is C11H5BrF2INO3. The van der Waals surface area contributed by atoms with Crippen molar-refractivity contribution < 1.29 is 23.1 Å². The third-order valence-corrected chi connectivity index (χ3v) is 3.65. The Morgan fingerprint density at radius 1 is 1.47 bits per heavy atom. The summed E-state index contributed by atoms with van der Waals surface area (Å²) >= 11 is 5.22. The highest BCUT2D eigenvalue weighted by Crippen LogP contribution is 2.32. The maximum absolute atomic E-state index is 12.7. The molecule has 1 heterocycles. The maximum atomic E-state index is 12.7. The maximum Gasteiger partial charge on any atom is 0.374 e. The van der Waals surface area contributed by atoms with Crippen molar-refractivity contribution >= 4 is 44.5 Å². The number of carboxylic acids is 1. The number of aromatic nitrogens is 1. The average Bonchev–Trinajstić information content (AvgIpc) is 2.77. The highest BCUT2D eigenvalue weighted by atomic mass is 127. The first-order chi connectivity index (χ1) is 8.90. The SMILES string of the molecule is O=C(O)c1oc(-c2cc(Br)ccc2I)nc1C(F)F. The lowest BCUT2D eigenvalue weighted by molar-refractivity contribution is 0.0647. The van der Waals surface area contributed by atoms with Crippen LogP contribution in [0.3, 0.4) is 0 Å². The van der Waals surface area contributed by atoms with E-state index in [4.69, 9.17) is 9.52 Å². The molecule has 0 spiro atoms. The van der Waals surface area contributed by atoms with E-state index in [0.29, 0.717) is 13.6 Å². The Hall–Kier alpha value is -1.03. The van der Waals surface area contributed by atoms with Crippen molar-refractivity contribution in [1.29, 1.82) is 0 Å². The first-order valence-corrected chi connectivity index (χ1v) is 6.75. The minimum Gasteiger partial charge on any atom is -0.475 e. The minimum absolute atomic E-state index is 0.140. The molecule has 0 radical (unpaired) electrons. The Labute approximate surface area is 128 Å². The van der Waals surface area contributed by atoms with Gasteiger partial charge in [0.05, 0.1) is 5.56 Å². The van der Waals surface area contributed by atoms with E-state index in [-0.39, 0.29) is 5.89 Å². The molecular weight excluding hydrogens is 439 g/mol. The molecule has 0 bridgehead atoms. The standard InChI is InChI=1S/C11H5BrF2INO3/c12-4-1-2-6(15)5(3-4)10-16-7(9(13)14)8(19-10)11(17)18/h1-3,9H,(H,17,18). The zero-order chi connectivity index (χ0) is 14.2. The average molecular weight is 444 g/mol. The lowest BCUT2D eigenvalue weighted by atomic mass is 10.2. The molecule has 0 amide bonds. The van der Waals surface area contributed by atoms with Crippen LogP contribution in [0.5, 0.6) is 0 Å². The summed E-state index contributed by atoms with van der Waals surface area (Å²) in [5.74, 6) is -2.54. The molecule has 19 heavy (non-hydrogen) atoms. The zero-order valence-electron chi connectivity index (χ0n) is 9.03. The molecule has 1 aromatic heterocycles. The monoisotopic (exact) mass is 443 g/mol. The summed E-state index contributed by atoms with van der Waals surface area (Å²) in [7, 11) is 0. The van der Waals surface area contributed by atoms with Crippen molar-refractivity contribution in [3.63, 3.8) is 0 Å². The van der Waals surface area contributed by atoms with E-state index in [2.05, 4.69) is 20.9 Å². The van der Waals surface area contributed by atoms with Crippen LogP contribution in [0.1, 0.15) is 22.7 Å². The number of hydrogen-bond donors (Lipinski definition) is 1. The van der Waals surface area contributed by atoms with E-state index in [1.165, 1.54) is 0 Å². The van der Waals surface area contributed by atoms with E-state index in [1.54, 1.807) is 18.2 Å². The van der Waals surface area contributed by atoms with Gasteiger partial charge in [0.2, 0.25) is 11.7 Å². The molecule has 0 fully saturated rings. The van der Waals surface area contributed by atoms with Crippen molar-refractivity contribution in [1.82, 2.24) is 4.98 Å². The summed E-state index contributed by atoms with van der Waals surface area (Å²) in [6.07, 6.45) is -3.01. The first kappa shape index (κ1) is 14.4. The number of carbonyl (C=O) groups is 1. The van der Waals surface area contributed by atoms with Gasteiger partial charge in [-0.25, -0.2) is 18.6 Å². The van der Waals surface area contributed by atoms with E-state index in [9.17, 15) is 13.6 Å². The lowest BCUT2D eigenvalue weighted by Gasteiger charge is -2.00. The molecule has 0 aliphatic rings. The lowest BCUT2D eigenvalue weighted by Crippen LogP contribution is -1.99. The van der Waals surface area contributed by atoms with Gasteiger partial charge in [-0.3, -0.25) is 0 Å². The summed E-state index contributed by atoms with van der Waals surface area (Å²) < 4.78 is 31.8. The number of aromatic carboxylic acids is 1. The molecule has 0 saturated heterocycles. The number of oxazole rings is 1. The number of rotatable bonds is 3. The van der Waals surface area contributed by atoms with E-state index in [1.807, 2.05) is 22.6 Å². The van der Waals surface area contributed by atoms with Gasteiger partial charge in [0.15, 0.2) is 5.69 Å². The van der Waals surface area contributed by atoms with Gasteiger partial charge in [0.1, 0.15) is 0 Å². The van der Waals surface area contributed by atoms with Gasteiger partial charge < -0.3 is 9.52 Å². The normalized spacial score (nSPS) is 11.0. The third kappa shape index (κ3) is 2.94. The quantitative estimate of drug-likeness (QED) is 0.716. The molecule has 1 aromatic carbocycles. The zero-order valence-corrected chi connectivity index (χ0v) is 12.8. The Morgan fingerprint density at radius 3 is 2.68 bits per heavy atom. The number of carboxylic acid groups (broad SMARTS) is 1. The summed E-state index contributed by atoms with van der Waals surface area (Å²) in [4.78, 5) is 14.4. The second-order valence-electron chi connectivity index (χ2n) is 3.46. The summed E-state index contributed by atoms with van der Waals surface area (Å²) in [6.45, 7) is 0. The van der Waals surface area contributed by atoms with Crippen LogP contribution in [-0.4, -0.2) is 16.1 Å². The molecule has 1 N–H and O–H groups in total. The van der Waals surface area contributed by atoms with Crippen LogP contribution in [-0.2, 0) is 0 Å². The van der Waals surface area contributed by atoms with E-state index in [0.717, 1.165) is 0 Å². The molecule has 4 nitrogen and oxygen atoms in total. The van der Waals surface area contributed by atoms with Gasteiger partial charge >= 0.3 is 5.97 Å². The Morgan fingerprint density at radius 2 is 2.16 bits per heavy atom. The fourth-order valence-electron chi connectivity index (χ4n) is 1.41. The minimum atomic E-state index is -3.01. The van der Waals surface area contributed by atoms with Crippen molar-refractivity contribution in [2.24, 2.45) is 0 Å². The van der Waals surface area contributed by atoms with Crippen LogP contribution < -0.4 is 0 Å². The van der Waals surface area contributed by atoms with Gasteiger partial charge in [-0.05, 0) is 40.8 Å². The van der Waals surface area contributed by atoms with Crippen LogP contribution in [0.15, 0.2) is 27.1 Å². The molecule has 2 aromatic rings. The predicted octanol–water partition coefficient (Wildman–Crippen LogP) is 4.34. The number of nitrogens with zero attached hydrogens (tertiary/aromatic N) is 1.